The van der Waals surface area contributed by atoms with E-state index in [1.807, 2.05) is 0 Å². The second kappa shape index (κ2) is 63.4. The smallest absolute Gasteiger partial charge is 0.306 e. The van der Waals surface area contributed by atoms with E-state index in [1.54, 1.807) is 0 Å². The largest absolute Gasteiger partial charge is 0.462 e. The molecule has 0 bridgehead atoms. The zero-order valence-corrected chi connectivity index (χ0v) is 48.7. The number of ether oxygens (including phenoxy) is 2. The molecule has 0 aliphatic heterocycles. The highest BCUT2D eigenvalue weighted by Gasteiger charge is 2.16. The van der Waals surface area contributed by atoms with Crippen molar-refractivity contribution in [3.05, 3.63) is 36.5 Å². The zero-order valence-electron chi connectivity index (χ0n) is 48.7. The fourth-order valence-corrected chi connectivity index (χ4v) is 10.00. The van der Waals surface area contributed by atoms with Gasteiger partial charge in [0.05, 0.1) is 6.61 Å². The summed E-state index contributed by atoms with van der Waals surface area (Å²) in [5.74, 6) is -0.569. The molecule has 0 heterocycles. The summed E-state index contributed by atoms with van der Waals surface area (Å²) in [7, 11) is 0. The molecular formula is C67H126O5. The van der Waals surface area contributed by atoms with Crippen LogP contribution in [-0.4, -0.2) is 36.4 Å². The van der Waals surface area contributed by atoms with Crippen LogP contribution in [0.1, 0.15) is 361 Å². The quantitative estimate of drug-likeness (QED) is 0.0373. The summed E-state index contributed by atoms with van der Waals surface area (Å²) in [6.45, 7) is 4.19. The lowest BCUT2D eigenvalue weighted by atomic mass is 10.0. The average Bonchev–Trinajstić information content (AvgIpc) is 3.38. The van der Waals surface area contributed by atoms with Gasteiger partial charge in [-0.25, -0.2) is 0 Å². The first-order valence-corrected chi connectivity index (χ1v) is 32.5. The standard InChI is InChI=1S/C67H126O5/c1-3-5-7-9-11-13-15-17-19-21-23-25-27-29-31-33-35-37-39-41-43-45-47-49-51-53-55-57-59-61-66(69)71-64-65(63-68)72-67(70)62-60-58-56-54-52-50-48-46-44-42-40-38-36-34-32-30-28-26-24-22-20-18-16-14-12-10-8-6-4-2/h16,18,21-24,65,68H,3-15,17,19-20,25-64H2,1-2H3/b18-16-,23-21-,24-22-. The van der Waals surface area contributed by atoms with Crippen molar-refractivity contribution in [1.29, 1.82) is 0 Å². The van der Waals surface area contributed by atoms with Gasteiger partial charge in [-0.15, -0.1) is 0 Å². The van der Waals surface area contributed by atoms with Crippen LogP contribution < -0.4 is 0 Å². The highest BCUT2D eigenvalue weighted by atomic mass is 16.6. The Morgan fingerprint density at radius 3 is 0.833 bits per heavy atom. The van der Waals surface area contributed by atoms with E-state index in [4.69, 9.17) is 9.47 Å². The zero-order chi connectivity index (χ0) is 52.0. The number of carbonyl (C=O) groups is 2. The molecule has 0 amide bonds. The SMILES string of the molecule is CCCCCCC/C=C\C/C=C\CCCCCCCCCCCCCCCCCCCC(=O)OC(CO)COC(=O)CCCCCCCCCCCCCCCCCCC/C=C\CCCCCCCCCC. The molecule has 5 nitrogen and oxygen atoms in total. The van der Waals surface area contributed by atoms with Crippen LogP contribution in [-0.2, 0) is 19.1 Å². The second-order valence-electron chi connectivity index (χ2n) is 22.2. The summed E-state index contributed by atoms with van der Waals surface area (Å²) in [5.41, 5.74) is 0. The minimum atomic E-state index is -0.770. The van der Waals surface area contributed by atoms with Gasteiger partial charge < -0.3 is 14.6 Å². The predicted octanol–water partition coefficient (Wildman–Crippen LogP) is 22.2. The molecule has 0 aromatic heterocycles. The summed E-state index contributed by atoms with van der Waals surface area (Å²) in [4.78, 5) is 24.6. The fraction of sp³-hybridized carbons (Fsp3) is 0.881. The maximum atomic E-state index is 12.3. The van der Waals surface area contributed by atoms with Gasteiger partial charge in [0, 0.05) is 12.8 Å². The summed E-state index contributed by atoms with van der Waals surface area (Å²) < 4.78 is 10.8. The van der Waals surface area contributed by atoms with E-state index >= 15 is 0 Å². The van der Waals surface area contributed by atoms with E-state index in [0.29, 0.717) is 12.8 Å². The molecule has 0 aliphatic rings. The van der Waals surface area contributed by atoms with Gasteiger partial charge in [-0.3, -0.25) is 9.59 Å². The van der Waals surface area contributed by atoms with Crippen LogP contribution in [0.15, 0.2) is 36.5 Å². The fourth-order valence-electron chi connectivity index (χ4n) is 10.00. The number of hydrogen-bond donors (Lipinski definition) is 1. The first-order valence-electron chi connectivity index (χ1n) is 32.5. The molecule has 0 fully saturated rings. The van der Waals surface area contributed by atoms with Crippen LogP contribution in [0.5, 0.6) is 0 Å². The highest BCUT2D eigenvalue weighted by molar-refractivity contribution is 5.70. The monoisotopic (exact) mass is 1010 g/mol. The molecule has 0 rings (SSSR count). The summed E-state index contributed by atoms with van der Waals surface area (Å²) in [6.07, 6.45) is 83.0. The van der Waals surface area contributed by atoms with Gasteiger partial charge in [0.2, 0.25) is 0 Å². The van der Waals surface area contributed by atoms with E-state index in [2.05, 4.69) is 50.3 Å². The van der Waals surface area contributed by atoms with E-state index < -0.39 is 6.10 Å². The third kappa shape index (κ3) is 60.7. The number of hydrogen-bond acceptors (Lipinski definition) is 5. The maximum absolute atomic E-state index is 12.3. The maximum Gasteiger partial charge on any atom is 0.306 e. The van der Waals surface area contributed by atoms with Crippen molar-refractivity contribution in [3.8, 4) is 0 Å². The Morgan fingerprint density at radius 2 is 0.556 bits per heavy atom. The first kappa shape index (κ1) is 70.1. The molecule has 1 atom stereocenters. The predicted molar refractivity (Wildman–Crippen MR) is 316 cm³/mol. The van der Waals surface area contributed by atoms with Crippen LogP contribution in [0.4, 0.5) is 0 Å². The van der Waals surface area contributed by atoms with Crippen LogP contribution in [0.3, 0.4) is 0 Å². The lowest BCUT2D eigenvalue weighted by Crippen LogP contribution is -2.28. The molecule has 0 aromatic rings. The normalized spacial score (nSPS) is 12.3. The molecule has 1 unspecified atom stereocenters. The van der Waals surface area contributed by atoms with Crippen molar-refractivity contribution in [2.75, 3.05) is 13.2 Å². The minimum absolute atomic E-state index is 0.0601. The van der Waals surface area contributed by atoms with Gasteiger partial charge >= 0.3 is 11.9 Å². The van der Waals surface area contributed by atoms with Crippen LogP contribution in [0.25, 0.3) is 0 Å². The van der Waals surface area contributed by atoms with Gasteiger partial charge in [0.15, 0.2) is 6.10 Å². The Hall–Kier alpha value is -1.88. The van der Waals surface area contributed by atoms with Gasteiger partial charge in [-0.2, -0.15) is 0 Å². The molecule has 0 radical (unpaired) electrons. The summed E-state index contributed by atoms with van der Waals surface area (Å²) in [5, 5.41) is 9.69. The number of unbranched alkanes of at least 4 members (excludes halogenated alkanes) is 47. The average molecular weight is 1010 g/mol. The number of allylic oxidation sites excluding steroid dienone is 6. The number of carbonyl (C=O) groups excluding carboxylic acids is 2. The molecule has 0 spiro atoms. The molecule has 0 aromatic carbocycles. The van der Waals surface area contributed by atoms with Crippen molar-refractivity contribution in [2.24, 2.45) is 0 Å². The van der Waals surface area contributed by atoms with Crippen molar-refractivity contribution in [1.82, 2.24) is 0 Å². The molecule has 1 N–H and O–H groups in total. The molecule has 424 valence electrons. The third-order valence-corrected chi connectivity index (χ3v) is 14.9. The van der Waals surface area contributed by atoms with E-state index in [1.165, 1.54) is 289 Å². The highest BCUT2D eigenvalue weighted by Crippen LogP contribution is 2.18. The third-order valence-electron chi connectivity index (χ3n) is 14.9. The Labute approximate surface area is 450 Å². The van der Waals surface area contributed by atoms with Crippen molar-refractivity contribution in [3.63, 3.8) is 0 Å². The Morgan fingerprint density at radius 1 is 0.319 bits per heavy atom. The van der Waals surface area contributed by atoms with Gasteiger partial charge in [-0.1, -0.05) is 314 Å². The second-order valence-corrected chi connectivity index (χ2v) is 22.2. The molecule has 0 saturated carbocycles. The number of aliphatic hydroxyl groups excluding tert-OH is 1. The lowest BCUT2D eigenvalue weighted by molar-refractivity contribution is -0.161. The summed E-state index contributed by atoms with van der Waals surface area (Å²) >= 11 is 0. The van der Waals surface area contributed by atoms with Crippen molar-refractivity contribution < 1.29 is 24.2 Å². The lowest BCUT2D eigenvalue weighted by Gasteiger charge is -2.15. The Kier molecular flexibility index (Phi) is 61.8. The molecular weight excluding hydrogens is 885 g/mol. The first-order chi connectivity index (χ1) is 35.6. The van der Waals surface area contributed by atoms with Crippen molar-refractivity contribution in [2.45, 2.75) is 367 Å². The van der Waals surface area contributed by atoms with Crippen LogP contribution >= 0.6 is 0 Å². The number of rotatable bonds is 61. The van der Waals surface area contributed by atoms with Gasteiger partial charge in [0.1, 0.15) is 6.61 Å². The number of esters is 2. The Balaban J connectivity index is 3.41. The molecule has 0 aliphatic carbocycles. The van der Waals surface area contributed by atoms with Gasteiger partial charge in [-0.05, 0) is 70.6 Å². The molecule has 0 saturated heterocycles. The minimum Gasteiger partial charge on any atom is -0.462 e. The van der Waals surface area contributed by atoms with E-state index in [9.17, 15) is 14.7 Å². The molecule has 5 heteroatoms. The number of aliphatic hydroxyl groups is 1. The van der Waals surface area contributed by atoms with E-state index in [-0.39, 0.29) is 25.2 Å². The van der Waals surface area contributed by atoms with Crippen LogP contribution in [0, 0.1) is 0 Å². The topological polar surface area (TPSA) is 72.8 Å². The van der Waals surface area contributed by atoms with Gasteiger partial charge in [0.25, 0.3) is 0 Å². The summed E-state index contributed by atoms with van der Waals surface area (Å²) in [6, 6.07) is 0. The van der Waals surface area contributed by atoms with E-state index in [0.717, 1.165) is 44.9 Å². The van der Waals surface area contributed by atoms with Crippen LogP contribution in [0.2, 0.25) is 0 Å². The molecule has 72 heavy (non-hydrogen) atoms. The van der Waals surface area contributed by atoms with Crippen molar-refractivity contribution >= 4 is 11.9 Å². The Bertz CT molecular complexity index is 1140.